The first-order chi connectivity index (χ1) is 10.3. The first-order valence-electron chi connectivity index (χ1n) is 6.83. The molecule has 2 aromatic rings. The van der Waals surface area contributed by atoms with Gasteiger partial charge in [0.05, 0.1) is 29.6 Å². The highest BCUT2D eigenvalue weighted by Crippen LogP contribution is 2.33. The van der Waals surface area contributed by atoms with Crippen molar-refractivity contribution in [1.82, 2.24) is 9.78 Å². The third-order valence-electron chi connectivity index (χ3n) is 3.33. The zero-order valence-electron chi connectivity index (χ0n) is 12.6. The monoisotopic (exact) mass is 313 g/mol. The molecule has 1 aromatic heterocycles. The fourth-order valence-corrected chi connectivity index (χ4v) is 2.31. The average Bonchev–Trinajstić information content (AvgIpc) is 2.85. The normalized spacial score (nSPS) is 12.0. The van der Waals surface area contributed by atoms with Gasteiger partial charge < -0.3 is 10.5 Å². The fourth-order valence-electron chi connectivity index (χ4n) is 2.31. The van der Waals surface area contributed by atoms with Crippen molar-refractivity contribution in [1.29, 1.82) is 0 Å². The van der Waals surface area contributed by atoms with Crippen molar-refractivity contribution in [2.75, 3.05) is 7.11 Å². The van der Waals surface area contributed by atoms with Crippen LogP contribution in [0.4, 0.5) is 13.2 Å². The average molecular weight is 313 g/mol. The second-order valence-electron chi connectivity index (χ2n) is 5.19. The number of methoxy groups -OCH3 is 1. The minimum Gasteiger partial charge on any atom is -0.481 e. The van der Waals surface area contributed by atoms with Crippen LogP contribution < -0.4 is 10.5 Å². The van der Waals surface area contributed by atoms with E-state index in [9.17, 15) is 13.2 Å². The van der Waals surface area contributed by atoms with E-state index >= 15 is 0 Å². The molecule has 1 heterocycles. The molecule has 120 valence electrons. The highest BCUT2D eigenvalue weighted by Gasteiger charge is 2.31. The smallest absolute Gasteiger partial charge is 0.416 e. The van der Waals surface area contributed by atoms with Gasteiger partial charge in [0.15, 0.2) is 0 Å². The molecule has 4 nitrogen and oxygen atoms in total. The van der Waals surface area contributed by atoms with Crippen molar-refractivity contribution in [3.05, 3.63) is 41.1 Å². The minimum atomic E-state index is -4.41. The summed E-state index contributed by atoms with van der Waals surface area (Å²) in [6.45, 7) is 4.09. The molecule has 1 aromatic carbocycles. The summed E-state index contributed by atoms with van der Waals surface area (Å²) in [6.07, 6.45) is -4.41. The number of ether oxygens (including phenoxy) is 1. The molecule has 0 saturated carbocycles. The van der Waals surface area contributed by atoms with Crippen molar-refractivity contribution < 1.29 is 17.9 Å². The van der Waals surface area contributed by atoms with Gasteiger partial charge in [-0.1, -0.05) is 19.9 Å². The van der Waals surface area contributed by atoms with Crippen molar-refractivity contribution in [2.45, 2.75) is 32.5 Å². The molecule has 22 heavy (non-hydrogen) atoms. The Balaban J connectivity index is 2.62. The molecule has 0 bridgehead atoms. The number of nitrogens with zero attached hydrogens (tertiary/aromatic N) is 2. The van der Waals surface area contributed by atoms with Crippen LogP contribution in [0.1, 0.15) is 36.6 Å². The fraction of sp³-hybridized carbons (Fsp3) is 0.400. The molecule has 0 radical (unpaired) electrons. The van der Waals surface area contributed by atoms with Crippen LogP contribution in [0.2, 0.25) is 0 Å². The number of hydrogen-bond donors (Lipinski definition) is 1. The molecule has 0 atom stereocenters. The molecule has 0 aliphatic heterocycles. The Morgan fingerprint density at radius 3 is 2.50 bits per heavy atom. The first kappa shape index (κ1) is 16.4. The zero-order valence-corrected chi connectivity index (χ0v) is 12.6. The summed E-state index contributed by atoms with van der Waals surface area (Å²) in [6, 6.07) is 4.96. The van der Waals surface area contributed by atoms with Crippen LogP contribution in [-0.4, -0.2) is 16.9 Å². The van der Waals surface area contributed by atoms with Gasteiger partial charge >= 0.3 is 6.18 Å². The van der Waals surface area contributed by atoms with Crippen molar-refractivity contribution >= 4 is 0 Å². The van der Waals surface area contributed by atoms with Gasteiger partial charge in [-0.3, -0.25) is 0 Å². The quantitative estimate of drug-likeness (QED) is 0.940. The van der Waals surface area contributed by atoms with E-state index in [0.717, 1.165) is 17.8 Å². The standard InChI is InChI=1S/C15H18F3N3O/c1-9(2)13-12(8-19)14(22-3)21(20-13)11-6-4-5-10(7-11)15(16,17)18/h4-7,9H,8,19H2,1-3H3. The Morgan fingerprint density at radius 1 is 1.32 bits per heavy atom. The van der Waals surface area contributed by atoms with E-state index in [1.807, 2.05) is 13.8 Å². The molecule has 0 aliphatic carbocycles. The van der Waals surface area contributed by atoms with Gasteiger partial charge in [-0.2, -0.15) is 18.3 Å². The summed E-state index contributed by atoms with van der Waals surface area (Å²) >= 11 is 0. The van der Waals surface area contributed by atoms with Gasteiger partial charge in [0, 0.05) is 6.54 Å². The third kappa shape index (κ3) is 2.94. The summed E-state index contributed by atoms with van der Waals surface area (Å²) in [4.78, 5) is 0. The number of aromatic nitrogens is 2. The SMILES string of the molecule is COc1c(CN)c(C(C)C)nn1-c1cccc(C(F)(F)F)c1. The predicted molar refractivity (Wildman–Crippen MR) is 77.1 cm³/mol. The van der Waals surface area contributed by atoms with Gasteiger partial charge in [0.2, 0.25) is 5.88 Å². The molecule has 0 fully saturated rings. The Kier molecular flexibility index (Phi) is 4.46. The van der Waals surface area contributed by atoms with E-state index in [2.05, 4.69) is 5.10 Å². The number of hydrogen-bond acceptors (Lipinski definition) is 3. The Hall–Kier alpha value is -2.02. The van der Waals surface area contributed by atoms with Crippen LogP contribution in [0.25, 0.3) is 5.69 Å². The summed E-state index contributed by atoms with van der Waals surface area (Å²) < 4.78 is 45.3. The topological polar surface area (TPSA) is 53.1 Å². The highest BCUT2D eigenvalue weighted by atomic mass is 19.4. The maximum absolute atomic E-state index is 12.9. The lowest BCUT2D eigenvalue weighted by Gasteiger charge is -2.11. The molecule has 0 spiro atoms. The molecular formula is C15H18F3N3O. The van der Waals surface area contributed by atoms with Crippen LogP contribution in [-0.2, 0) is 12.7 Å². The van der Waals surface area contributed by atoms with Gasteiger partial charge in [-0.15, -0.1) is 0 Å². The number of alkyl halides is 3. The minimum absolute atomic E-state index is 0.0829. The lowest BCUT2D eigenvalue weighted by molar-refractivity contribution is -0.137. The largest absolute Gasteiger partial charge is 0.481 e. The molecule has 0 saturated heterocycles. The van der Waals surface area contributed by atoms with Crippen molar-refractivity contribution in [3.63, 3.8) is 0 Å². The molecule has 0 unspecified atom stereocenters. The van der Waals surface area contributed by atoms with Crippen molar-refractivity contribution in [3.8, 4) is 11.6 Å². The maximum atomic E-state index is 12.9. The lowest BCUT2D eigenvalue weighted by atomic mass is 10.1. The van der Waals surface area contributed by atoms with Gasteiger partial charge in [0.25, 0.3) is 0 Å². The predicted octanol–water partition coefficient (Wildman–Crippen LogP) is 3.48. The Morgan fingerprint density at radius 2 is 2.00 bits per heavy atom. The lowest BCUT2D eigenvalue weighted by Crippen LogP contribution is -2.07. The Bertz CT molecular complexity index is 663. The highest BCUT2D eigenvalue weighted by molar-refractivity contribution is 5.44. The number of halogens is 3. The van der Waals surface area contributed by atoms with Crippen molar-refractivity contribution in [2.24, 2.45) is 5.73 Å². The molecular weight excluding hydrogens is 295 g/mol. The maximum Gasteiger partial charge on any atom is 0.416 e. The summed E-state index contributed by atoms with van der Waals surface area (Å²) in [5, 5.41) is 4.39. The van der Waals surface area contributed by atoms with Crippen LogP contribution in [0.5, 0.6) is 5.88 Å². The van der Waals surface area contributed by atoms with Crippen LogP contribution in [0.15, 0.2) is 24.3 Å². The zero-order chi connectivity index (χ0) is 16.5. The van der Waals surface area contributed by atoms with Gasteiger partial charge in [0.1, 0.15) is 0 Å². The van der Waals surface area contributed by atoms with Crippen LogP contribution in [0, 0.1) is 0 Å². The van der Waals surface area contributed by atoms with E-state index in [4.69, 9.17) is 10.5 Å². The van der Waals surface area contributed by atoms with E-state index in [-0.39, 0.29) is 18.2 Å². The van der Waals surface area contributed by atoms with Crippen LogP contribution >= 0.6 is 0 Å². The van der Waals surface area contributed by atoms with Gasteiger partial charge in [-0.05, 0) is 24.1 Å². The molecule has 7 heteroatoms. The third-order valence-corrected chi connectivity index (χ3v) is 3.33. The van der Waals surface area contributed by atoms with E-state index < -0.39 is 11.7 Å². The first-order valence-corrected chi connectivity index (χ1v) is 6.83. The van der Waals surface area contributed by atoms with E-state index in [1.54, 1.807) is 6.07 Å². The molecule has 0 aliphatic rings. The van der Waals surface area contributed by atoms with E-state index in [1.165, 1.54) is 17.9 Å². The Labute approximate surface area is 126 Å². The summed E-state index contributed by atoms with van der Waals surface area (Å²) in [7, 11) is 1.45. The molecule has 2 N–H and O–H groups in total. The summed E-state index contributed by atoms with van der Waals surface area (Å²) in [5.41, 5.74) is 6.72. The second-order valence-corrected chi connectivity index (χ2v) is 5.19. The summed E-state index contributed by atoms with van der Waals surface area (Å²) in [5.74, 6) is 0.449. The number of benzene rings is 1. The molecule has 2 rings (SSSR count). The second kappa shape index (κ2) is 6.00. The molecule has 0 amide bonds. The number of nitrogens with two attached hydrogens (primary N) is 1. The number of rotatable bonds is 4. The van der Waals surface area contributed by atoms with Crippen LogP contribution in [0.3, 0.4) is 0 Å². The van der Waals surface area contributed by atoms with Gasteiger partial charge in [-0.25, -0.2) is 4.68 Å². The van der Waals surface area contributed by atoms with E-state index in [0.29, 0.717) is 11.4 Å².